The van der Waals surface area contributed by atoms with Crippen LogP contribution in [0.15, 0.2) is 48.5 Å². The van der Waals surface area contributed by atoms with Gasteiger partial charge in [-0.25, -0.2) is 0 Å². The minimum atomic E-state index is -0.515. The number of halogens is 1. The average molecular weight is 304 g/mol. The van der Waals surface area contributed by atoms with Gasteiger partial charge in [0.2, 0.25) is 0 Å². The molecule has 3 heteroatoms. The first-order valence-electron chi connectivity index (χ1n) is 7.23. The van der Waals surface area contributed by atoms with Gasteiger partial charge < -0.3 is 10.0 Å². The van der Waals surface area contributed by atoms with E-state index >= 15 is 0 Å². The Bertz CT molecular complexity index is 568. The van der Waals surface area contributed by atoms with Crippen LogP contribution in [0.4, 0.5) is 0 Å². The Morgan fingerprint density at radius 1 is 1.10 bits per heavy atom. The number of aryl methyl sites for hydroxylation is 1. The molecule has 0 saturated heterocycles. The number of hydrogen-bond donors (Lipinski definition) is 1. The highest BCUT2D eigenvalue weighted by Crippen LogP contribution is 2.24. The van der Waals surface area contributed by atoms with Crippen LogP contribution in [0.1, 0.15) is 29.2 Å². The van der Waals surface area contributed by atoms with Crippen molar-refractivity contribution in [2.75, 3.05) is 13.6 Å². The van der Waals surface area contributed by atoms with Gasteiger partial charge in [0.15, 0.2) is 0 Å². The zero-order valence-electron chi connectivity index (χ0n) is 12.6. The predicted octanol–water partition coefficient (Wildman–Crippen LogP) is 4.20. The Morgan fingerprint density at radius 3 is 2.43 bits per heavy atom. The zero-order valence-corrected chi connectivity index (χ0v) is 13.3. The lowest BCUT2D eigenvalue weighted by molar-refractivity contribution is 0.148. The fraction of sp³-hybridized carbons (Fsp3) is 0.333. The predicted molar refractivity (Wildman–Crippen MR) is 88.5 cm³/mol. The molecule has 0 saturated carbocycles. The van der Waals surface area contributed by atoms with E-state index in [0.717, 1.165) is 18.7 Å². The second kappa shape index (κ2) is 7.60. The molecular formula is C18H22ClNO. The molecule has 0 radical (unpaired) electrons. The van der Waals surface area contributed by atoms with Crippen LogP contribution in [-0.2, 0) is 6.54 Å². The lowest BCUT2D eigenvalue weighted by atomic mass is 10.1. The van der Waals surface area contributed by atoms with Gasteiger partial charge >= 0.3 is 0 Å². The molecular weight excluding hydrogens is 282 g/mol. The van der Waals surface area contributed by atoms with Crippen molar-refractivity contribution < 1.29 is 5.11 Å². The molecule has 1 N–H and O–H groups in total. The van der Waals surface area contributed by atoms with Crippen LogP contribution in [-0.4, -0.2) is 23.6 Å². The third-order valence-electron chi connectivity index (χ3n) is 3.62. The largest absolute Gasteiger partial charge is 0.388 e. The number of aliphatic hydroxyl groups is 1. The normalized spacial score (nSPS) is 12.6. The molecule has 0 aliphatic rings. The molecule has 112 valence electrons. The van der Waals surface area contributed by atoms with Crippen LogP contribution in [0.25, 0.3) is 0 Å². The van der Waals surface area contributed by atoms with E-state index in [2.05, 4.69) is 43.1 Å². The molecule has 1 atom stereocenters. The van der Waals surface area contributed by atoms with E-state index in [0.29, 0.717) is 11.4 Å². The number of benzene rings is 2. The smallest absolute Gasteiger partial charge is 0.0816 e. The van der Waals surface area contributed by atoms with Crippen molar-refractivity contribution in [2.24, 2.45) is 0 Å². The van der Waals surface area contributed by atoms with Gasteiger partial charge in [0.1, 0.15) is 0 Å². The summed E-state index contributed by atoms with van der Waals surface area (Å²) in [6.07, 6.45) is 0.158. The van der Waals surface area contributed by atoms with Crippen LogP contribution in [0.5, 0.6) is 0 Å². The van der Waals surface area contributed by atoms with E-state index in [-0.39, 0.29) is 0 Å². The Morgan fingerprint density at radius 2 is 1.76 bits per heavy atom. The lowest BCUT2D eigenvalue weighted by Gasteiger charge is -2.19. The fourth-order valence-corrected chi connectivity index (χ4v) is 2.59. The quantitative estimate of drug-likeness (QED) is 0.864. The van der Waals surface area contributed by atoms with Gasteiger partial charge in [-0.2, -0.15) is 0 Å². The van der Waals surface area contributed by atoms with Crippen molar-refractivity contribution in [2.45, 2.75) is 26.0 Å². The van der Waals surface area contributed by atoms with Crippen molar-refractivity contribution in [1.82, 2.24) is 4.90 Å². The van der Waals surface area contributed by atoms with Gasteiger partial charge in [-0.05, 0) is 37.6 Å². The van der Waals surface area contributed by atoms with Crippen LogP contribution in [0.3, 0.4) is 0 Å². The highest BCUT2D eigenvalue weighted by molar-refractivity contribution is 6.31. The Kier molecular flexibility index (Phi) is 5.80. The van der Waals surface area contributed by atoms with Crippen molar-refractivity contribution in [3.05, 3.63) is 70.2 Å². The standard InChI is InChI=1S/C18H22ClNO/c1-14-7-9-15(10-8-14)13-20(2)12-11-18(21)16-5-3-4-6-17(16)19/h3-10,18,21H,11-13H2,1-2H3. The summed E-state index contributed by atoms with van der Waals surface area (Å²) in [6.45, 7) is 3.79. The lowest BCUT2D eigenvalue weighted by Crippen LogP contribution is -2.21. The number of hydrogen-bond acceptors (Lipinski definition) is 2. The van der Waals surface area contributed by atoms with Gasteiger partial charge in [0, 0.05) is 18.1 Å². The SMILES string of the molecule is Cc1ccc(CN(C)CCC(O)c2ccccc2Cl)cc1. The summed E-state index contributed by atoms with van der Waals surface area (Å²) in [7, 11) is 2.07. The molecule has 2 aromatic carbocycles. The summed E-state index contributed by atoms with van der Waals surface area (Å²) in [4.78, 5) is 2.21. The molecule has 0 heterocycles. The molecule has 0 bridgehead atoms. The average Bonchev–Trinajstić information content (AvgIpc) is 2.48. The van der Waals surface area contributed by atoms with Crippen molar-refractivity contribution in [3.8, 4) is 0 Å². The molecule has 0 aliphatic carbocycles. The van der Waals surface area contributed by atoms with E-state index in [4.69, 9.17) is 11.6 Å². The molecule has 0 aliphatic heterocycles. The maximum absolute atomic E-state index is 10.2. The van der Waals surface area contributed by atoms with E-state index < -0.39 is 6.10 Å². The van der Waals surface area contributed by atoms with E-state index in [1.165, 1.54) is 11.1 Å². The fourth-order valence-electron chi connectivity index (χ4n) is 2.33. The highest BCUT2D eigenvalue weighted by Gasteiger charge is 2.12. The van der Waals surface area contributed by atoms with Gasteiger partial charge in [-0.1, -0.05) is 59.6 Å². The number of nitrogens with zero attached hydrogens (tertiary/aromatic N) is 1. The highest BCUT2D eigenvalue weighted by atomic mass is 35.5. The van der Waals surface area contributed by atoms with Crippen LogP contribution >= 0.6 is 11.6 Å². The molecule has 0 aromatic heterocycles. The first kappa shape index (κ1) is 16.0. The van der Waals surface area contributed by atoms with Crippen molar-refractivity contribution in [1.29, 1.82) is 0 Å². The van der Waals surface area contributed by atoms with Gasteiger partial charge in [-0.15, -0.1) is 0 Å². The Balaban J connectivity index is 1.85. The number of rotatable bonds is 6. The van der Waals surface area contributed by atoms with Gasteiger partial charge in [-0.3, -0.25) is 0 Å². The van der Waals surface area contributed by atoms with Crippen molar-refractivity contribution in [3.63, 3.8) is 0 Å². The summed E-state index contributed by atoms with van der Waals surface area (Å²) < 4.78 is 0. The van der Waals surface area contributed by atoms with E-state index in [1.54, 1.807) is 0 Å². The van der Waals surface area contributed by atoms with Gasteiger partial charge in [0.05, 0.1) is 6.10 Å². The minimum absolute atomic E-state index is 0.515. The van der Waals surface area contributed by atoms with Gasteiger partial charge in [0.25, 0.3) is 0 Å². The first-order valence-corrected chi connectivity index (χ1v) is 7.60. The van der Waals surface area contributed by atoms with Crippen LogP contribution in [0, 0.1) is 6.92 Å². The molecule has 2 aromatic rings. The summed E-state index contributed by atoms with van der Waals surface area (Å²) in [6, 6.07) is 16.0. The topological polar surface area (TPSA) is 23.5 Å². The first-order chi connectivity index (χ1) is 10.1. The molecule has 2 nitrogen and oxygen atoms in total. The van der Waals surface area contributed by atoms with Crippen LogP contribution < -0.4 is 0 Å². The molecule has 0 spiro atoms. The maximum atomic E-state index is 10.2. The summed E-state index contributed by atoms with van der Waals surface area (Å²) in [5.41, 5.74) is 3.37. The van der Waals surface area contributed by atoms with E-state index in [1.807, 2.05) is 24.3 Å². The zero-order chi connectivity index (χ0) is 15.2. The third-order valence-corrected chi connectivity index (χ3v) is 3.97. The molecule has 0 amide bonds. The van der Waals surface area contributed by atoms with Crippen molar-refractivity contribution >= 4 is 11.6 Å². The van der Waals surface area contributed by atoms with E-state index in [9.17, 15) is 5.11 Å². The Labute approximate surface area is 132 Å². The monoisotopic (exact) mass is 303 g/mol. The summed E-state index contributed by atoms with van der Waals surface area (Å²) in [5.74, 6) is 0. The summed E-state index contributed by atoms with van der Waals surface area (Å²) in [5, 5.41) is 10.9. The second-order valence-corrected chi connectivity index (χ2v) is 5.96. The van der Waals surface area contributed by atoms with Crippen LogP contribution in [0.2, 0.25) is 5.02 Å². The minimum Gasteiger partial charge on any atom is -0.388 e. The molecule has 0 fully saturated rings. The number of aliphatic hydroxyl groups excluding tert-OH is 1. The summed E-state index contributed by atoms with van der Waals surface area (Å²) >= 11 is 6.11. The molecule has 2 rings (SSSR count). The third kappa shape index (κ3) is 4.85. The second-order valence-electron chi connectivity index (χ2n) is 5.55. The maximum Gasteiger partial charge on any atom is 0.0816 e. The molecule has 21 heavy (non-hydrogen) atoms. The Hall–Kier alpha value is -1.35. The molecule has 1 unspecified atom stereocenters.